The molecular formula is C19H24O5. The normalized spacial score (nSPS) is 23.9. The zero-order valence-electron chi connectivity index (χ0n) is 13.6. The van der Waals surface area contributed by atoms with Crippen molar-refractivity contribution in [1.29, 1.82) is 0 Å². The zero-order valence-corrected chi connectivity index (χ0v) is 13.6. The van der Waals surface area contributed by atoms with E-state index in [0.717, 1.165) is 11.1 Å². The summed E-state index contributed by atoms with van der Waals surface area (Å²) in [7, 11) is 0. The summed E-state index contributed by atoms with van der Waals surface area (Å²) in [6, 6.07) is 7.34. The van der Waals surface area contributed by atoms with Gasteiger partial charge in [0.05, 0.1) is 12.7 Å². The Hall–Kier alpha value is -1.98. The van der Waals surface area contributed by atoms with Crippen molar-refractivity contribution in [3.8, 4) is 0 Å². The molecule has 0 aromatic heterocycles. The molecule has 5 heteroatoms. The number of benzene rings is 1. The van der Waals surface area contributed by atoms with Crippen LogP contribution in [0, 0.1) is 5.92 Å². The number of carboxylic acid groups (broad SMARTS) is 1. The molecule has 3 atom stereocenters. The summed E-state index contributed by atoms with van der Waals surface area (Å²) < 4.78 is 0. The highest BCUT2D eigenvalue weighted by Crippen LogP contribution is 2.39. The second-order valence-corrected chi connectivity index (χ2v) is 6.26. The molecule has 1 aliphatic carbocycles. The van der Waals surface area contributed by atoms with Gasteiger partial charge in [-0.05, 0) is 30.4 Å². The number of aliphatic hydroxyl groups excluding tert-OH is 2. The molecular weight excluding hydrogens is 308 g/mol. The lowest BCUT2D eigenvalue weighted by molar-refractivity contribution is -0.137. The lowest BCUT2D eigenvalue weighted by Gasteiger charge is -2.20. The Labute approximate surface area is 141 Å². The van der Waals surface area contributed by atoms with Crippen LogP contribution < -0.4 is 0 Å². The number of aliphatic carboxylic acids is 1. The van der Waals surface area contributed by atoms with Gasteiger partial charge in [0.25, 0.3) is 0 Å². The van der Waals surface area contributed by atoms with Crippen LogP contribution in [0.5, 0.6) is 0 Å². The summed E-state index contributed by atoms with van der Waals surface area (Å²) >= 11 is 0. The molecule has 1 saturated carbocycles. The maximum absolute atomic E-state index is 12.2. The fourth-order valence-corrected chi connectivity index (χ4v) is 3.26. The summed E-state index contributed by atoms with van der Waals surface area (Å²) in [5.41, 5.74) is 1.71. The number of hydrogen-bond acceptors (Lipinski definition) is 4. The Morgan fingerprint density at radius 2 is 1.92 bits per heavy atom. The molecule has 0 spiro atoms. The fraction of sp³-hybridized carbons (Fsp3) is 0.474. The number of ketones is 1. The van der Waals surface area contributed by atoms with Gasteiger partial charge in [-0.15, -0.1) is 0 Å². The van der Waals surface area contributed by atoms with E-state index in [1.807, 2.05) is 36.4 Å². The molecule has 0 radical (unpaired) electrons. The van der Waals surface area contributed by atoms with E-state index in [4.69, 9.17) is 10.2 Å². The first-order chi connectivity index (χ1) is 11.5. The highest BCUT2D eigenvalue weighted by atomic mass is 16.4. The number of aliphatic hydroxyl groups is 2. The molecule has 0 amide bonds. The number of Topliss-reactive ketones (excluding diaryl/α,β-unsaturated/α-hetero) is 1. The number of allylic oxidation sites excluding steroid dienone is 2. The third kappa shape index (κ3) is 4.76. The van der Waals surface area contributed by atoms with E-state index in [9.17, 15) is 14.7 Å². The summed E-state index contributed by atoms with van der Waals surface area (Å²) in [5.74, 6) is -1.22. The molecule has 130 valence electrons. The number of rotatable bonds is 8. The van der Waals surface area contributed by atoms with Crippen LogP contribution in [0.25, 0.3) is 0 Å². The molecule has 0 aliphatic heterocycles. The number of carbonyl (C=O) groups is 2. The van der Waals surface area contributed by atoms with Gasteiger partial charge in [-0.1, -0.05) is 36.4 Å². The minimum absolute atomic E-state index is 0.0328. The van der Waals surface area contributed by atoms with Gasteiger partial charge in [-0.2, -0.15) is 0 Å². The highest BCUT2D eigenvalue weighted by Gasteiger charge is 2.41. The van der Waals surface area contributed by atoms with Gasteiger partial charge in [-0.25, -0.2) is 0 Å². The van der Waals surface area contributed by atoms with Gasteiger partial charge < -0.3 is 15.3 Å². The Morgan fingerprint density at radius 1 is 1.21 bits per heavy atom. The van der Waals surface area contributed by atoms with Crippen LogP contribution in [-0.4, -0.2) is 33.2 Å². The molecule has 1 unspecified atom stereocenters. The molecule has 1 fully saturated rings. The van der Waals surface area contributed by atoms with E-state index in [0.29, 0.717) is 19.3 Å². The molecule has 1 aliphatic rings. The maximum atomic E-state index is 12.2. The van der Waals surface area contributed by atoms with Gasteiger partial charge in [-0.3, -0.25) is 9.59 Å². The standard InChI is InChI=1S/C19H24O5/c20-12-13-7-9-14(10-8-13)19-15(16(21)11-17(19)22)5-3-1-2-4-6-18(23)24/h1,3,7-10,15,17,19-20,22H,2,4-6,11-12H2,(H,23,24)/b3-1-/t15-,17?,19+/m0/s1. The van der Waals surface area contributed by atoms with Gasteiger partial charge >= 0.3 is 5.97 Å². The molecule has 1 aromatic carbocycles. The second kappa shape index (κ2) is 8.76. The van der Waals surface area contributed by atoms with Crippen LogP contribution in [0.15, 0.2) is 36.4 Å². The van der Waals surface area contributed by atoms with Crippen molar-refractivity contribution in [2.75, 3.05) is 0 Å². The van der Waals surface area contributed by atoms with Crippen molar-refractivity contribution in [1.82, 2.24) is 0 Å². The van der Waals surface area contributed by atoms with Crippen molar-refractivity contribution in [3.63, 3.8) is 0 Å². The van der Waals surface area contributed by atoms with E-state index in [2.05, 4.69) is 0 Å². The summed E-state index contributed by atoms with van der Waals surface area (Å²) in [6.07, 6.45) is 5.27. The SMILES string of the molecule is O=C(O)CCC/C=C\C[C@H]1C(=O)CC(O)[C@@H]1c1ccc(CO)cc1. The third-order valence-corrected chi connectivity index (χ3v) is 4.54. The third-order valence-electron chi connectivity index (χ3n) is 4.54. The van der Waals surface area contributed by atoms with E-state index >= 15 is 0 Å². The van der Waals surface area contributed by atoms with Crippen molar-refractivity contribution in [2.45, 2.75) is 50.7 Å². The number of unbranched alkanes of at least 4 members (excludes halogenated alkanes) is 1. The van der Waals surface area contributed by atoms with E-state index in [1.165, 1.54) is 0 Å². The smallest absolute Gasteiger partial charge is 0.303 e. The van der Waals surface area contributed by atoms with Gasteiger partial charge in [0.1, 0.15) is 5.78 Å². The largest absolute Gasteiger partial charge is 0.481 e. The molecule has 24 heavy (non-hydrogen) atoms. The first kappa shape index (κ1) is 18.4. The van der Waals surface area contributed by atoms with Crippen LogP contribution in [-0.2, 0) is 16.2 Å². The minimum Gasteiger partial charge on any atom is -0.481 e. The monoisotopic (exact) mass is 332 g/mol. The van der Waals surface area contributed by atoms with E-state index < -0.39 is 12.1 Å². The lowest BCUT2D eigenvalue weighted by atomic mass is 9.85. The molecule has 5 nitrogen and oxygen atoms in total. The van der Waals surface area contributed by atoms with Gasteiger partial charge in [0.15, 0.2) is 0 Å². The predicted octanol–water partition coefficient (Wildman–Crippen LogP) is 2.41. The molecule has 0 bridgehead atoms. The highest BCUT2D eigenvalue weighted by molar-refractivity contribution is 5.85. The predicted molar refractivity (Wildman–Crippen MR) is 89.5 cm³/mol. The second-order valence-electron chi connectivity index (χ2n) is 6.26. The average molecular weight is 332 g/mol. The van der Waals surface area contributed by atoms with Gasteiger partial charge in [0, 0.05) is 24.7 Å². The first-order valence-corrected chi connectivity index (χ1v) is 8.30. The van der Waals surface area contributed by atoms with Crippen molar-refractivity contribution in [2.24, 2.45) is 5.92 Å². The average Bonchev–Trinajstić information content (AvgIpc) is 2.84. The molecule has 2 rings (SSSR count). The number of hydrogen-bond donors (Lipinski definition) is 3. The molecule has 3 N–H and O–H groups in total. The quantitative estimate of drug-likeness (QED) is 0.502. The first-order valence-electron chi connectivity index (χ1n) is 8.30. The molecule has 1 aromatic rings. The number of carbonyl (C=O) groups excluding carboxylic acids is 1. The van der Waals surface area contributed by atoms with Crippen LogP contribution in [0.3, 0.4) is 0 Å². The summed E-state index contributed by atoms with van der Waals surface area (Å²) in [4.78, 5) is 22.6. The summed E-state index contributed by atoms with van der Waals surface area (Å²) in [6.45, 7) is -0.0328. The maximum Gasteiger partial charge on any atom is 0.303 e. The van der Waals surface area contributed by atoms with Crippen molar-refractivity contribution >= 4 is 11.8 Å². The molecule has 0 heterocycles. The summed E-state index contributed by atoms with van der Waals surface area (Å²) in [5, 5.41) is 28.0. The van der Waals surface area contributed by atoms with Crippen LogP contribution >= 0.6 is 0 Å². The van der Waals surface area contributed by atoms with E-state index in [-0.39, 0.29) is 37.1 Å². The zero-order chi connectivity index (χ0) is 17.5. The fourth-order valence-electron chi connectivity index (χ4n) is 3.26. The van der Waals surface area contributed by atoms with E-state index in [1.54, 1.807) is 0 Å². The van der Waals surface area contributed by atoms with Crippen molar-refractivity contribution in [3.05, 3.63) is 47.5 Å². The van der Waals surface area contributed by atoms with Crippen LogP contribution in [0.4, 0.5) is 0 Å². The van der Waals surface area contributed by atoms with Gasteiger partial charge in [0.2, 0.25) is 0 Å². The number of carboxylic acids is 1. The lowest BCUT2D eigenvalue weighted by Crippen LogP contribution is -2.18. The Balaban J connectivity index is 1.98. The van der Waals surface area contributed by atoms with Crippen molar-refractivity contribution < 1.29 is 24.9 Å². The van der Waals surface area contributed by atoms with Crippen LogP contribution in [0.1, 0.15) is 49.1 Å². The van der Waals surface area contributed by atoms with Crippen LogP contribution in [0.2, 0.25) is 0 Å². The topological polar surface area (TPSA) is 94.8 Å². The Morgan fingerprint density at radius 3 is 2.54 bits per heavy atom. The Kier molecular flexibility index (Phi) is 6.70. The Bertz CT molecular complexity index is 590. The minimum atomic E-state index is -0.802. The molecule has 0 saturated heterocycles.